The SMILES string of the molecule is C[C@H]1CSC(N(C(=O)C[C@H]2OC(=O)c3ccccc32)c2ccc(Cl)cc2)=N1. The molecule has 2 heterocycles. The lowest BCUT2D eigenvalue weighted by Gasteiger charge is -2.23. The molecule has 0 radical (unpaired) electrons. The van der Waals surface area contributed by atoms with Gasteiger partial charge in [0.05, 0.1) is 23.7 Å². The normalized spacial score (nSPS) is 20.8. The van der Waals surface area contributed by atoms with E-state index in [2.05, 4.69) is 4.99 Å². The Hall–Kier alpha value is -2.31. The second-order valence-electron chi connectivity index (χ2n) is 6.46. The van der Waals surface area contributed by atoms with E-state index in [1.165, 1.54) is 0 Å². The van der Waals surface area contributed by atoms with Crippen molar-refractivity contribution >= 4 is 46.1 Å². The van der Waals surface area contributed by atoms with Gasteiger partial charge >= 0.3 is 5.97 Å². The Labute approximate surface area is 166 Å². The van der Waals surface area contributed by atoms with Crippen LogP contribution in [0.2, 0.25) is 5.02 Å². The third kappa shape index (κ3) is 3.59. The summed E-state index contributed by atoms with van der Waals surface area (Å²) in [5, 5.41) is 1.26. The number of cyclic esters (lactones) is 1. The van der Waals surface area contributed by atoms with Gasteiger partial charge in [-0.15, -0.1) is 0 Å². The van der Waals surface area contributed by atoms with Gasteiger partial charge in [-0.05, 0) is 37.3 Å². The van der Waals surface area contributed by atoms with E-state index in [0.717, 1.165) is 11.3 Å². The maximum atomic E-state index is 13.2. The lowest BCUT2D eigenvalue weighted by atomic mass is 10.0. The van der Waals surface area contributed by atoms with Crippen LogP contribution in [-0.4, -0.2) is 28.8 Å². The molecule has 1 amide bonds. The Morgan fingerprint density at radius 1 is 1.26 bits per heavy atom. The smallest absolute Gasteiger partial charge is 0.339 e. The zero-order valence-corrected chi connectivity index (χ0v) is 16.2. The van der Waals surface area contributed by atoms with Gasteiger partial charge in [0, 0.05) is 16.3 Å². The Bertz CT molecular complexity index is 929. The Kier molecular flexibility index (Phi) is 4.93. The number of fused-ring (bicyclic) bond motifs is 1. The number of hydrogen-bond donors (Lipinski definition) is 0. The molecule has 0 saturated heterocycles. The molecule has 27 heavy (non-hydrogen) atoms. The first-order valence-electron chi connectivity index (χ1n) is 8.62. The Balaban J connectivity index is 1.63. The van der Waals surface area contributed by atoms with Crippen molar-refractivity contribution in [2.75, 3.05) is 10.7 Å². The van der Waals surface area contributed by atoms with Gasteiger partial charge in [0.25, 0.3) is 0 Å². The van der Waals surface area contributed by atoms with Gasteiger partial charge in [-0.2, -0.15) is 0 Å². The molecule has 0 bridgehead atoms. The molecule has 2 aromatic rings. The summed E-state index contributed by atoms with van der Waals surface area (Å²) in [6.45, 7) is 2.01. The fourth-order valence-corrected chi connectivity index (χ4v) is 4.33. The molecule has 2 aromatic carbocycles. The van der Waals surface area contributed by atoms with E-state index in [9.17, 15) is 9.59 Å². The summed E-state index contributed by atoms with van der Waals surface area (Å²) in [6.07, 6.45) is -0.528. The molecule has 0 aliphatic carbocycles. The fraction of sp³-hybridized carbons (Fsp3) is 0.250. The number of halogens is 1. The van der Waals surface area contributed by atoms with Crippen molar-refractivity contribution in [1.82, 2.24) is 0 Å². The van der Waals surface area contributed by atoms with E-state index in [1.54, 1.807) is 53.1 Å². The van der Waals surface area contributed by atoms with Crippen LogP contribution in [0.1, 0.15) is 35.4 Å². The topological polar surface area (TPSA) is 59.0 Å². The number of hydrogen-bond acceptors (Lipinski definition) is 5. The van der Waals surface area contributed by atoms with Crippen LogP contribution in [0.15, 0.2) is 53.5 Å². The number of anilines is 1. The van der Waals surface area contributed by atoms with Crippen LogP contribution in [-0.2, 0) is 9.53 Å². The summed E-state index contributed by atoms with van der Waals surface area (Å²) < 4.78 is 5.44. The monoisotopic (exact) mass is 400 g/mol. The first-order chi connectivity index (χ1) is 13.0. The summed E-state index contributed by atoms with van der Waals surface area (Å²) in [4.78, 5) is 31.4. The largest absolute Gasteiger partial charge is 0.453 e. The van der Waals surface area contributed by atoms with Gasteiger partial charge in [-0.3, -0.25) is 14.7 Å². The molecule has 5 nitrogen and oxygen atoms in total. The number of thioether (sulfide) groups is 1. The van der Waals surface area contributed by atoms with E-state index in [0.29, 0.717) is 21.4 Å². The highest BCUT2D eigenvalue weighted by Gasteiger charge is 2.35. The number of amides is 1. The molecule has 2 atom stereocenters. The van der Waals surface area contributed by atoms with Crippen LogP contribution in [0.3, 0.4) is 0 Å². The van der Waals surface area contributed by atoms with Gasteiger partial charge < -0.3 is 4.74 Å². The fourth-order valence-electron chi connectivity index (χ4n) is 3.15. The van der Waals surface area contributed by atoms with Crippen molar-refractivity contribution in [2.24, 2.45) is 4.99 Å². The molecule has 0 aromatic heterocycles. The van der Waals surface area contributed by atoms with E-state index in [4.69, 9.17) is 16.3 Å². The molecule has 0 unspecified atom stereocenters. The first kappa shape index (κ1) is 18.1. The molecule has 2 aliphatic heterocycles. The Morgan fingerprint density at radius 2 is 2.00 bits per heavy atom. The summed E-state index contributed by atoms with van der Waals surface area (Å²) in [7, 11) is 0. The summed E-state index contributed by atoms with van der Waals surface area (Å²) in [5.74, 6) is 0.267. The van der Waals surface area contributed by atoms with Gasteiger partial charge in [-0.25, -0.2) is 4.79 Å². The number of esters is 1. The van der Waals surface area contributed by atoms with Crippen molar-refractivity contribution in [2.45, 2.75) is 25.5 Å². The summed E-state index contributed by atoms with van der Waals surface area (Å²) in [6, 6.07) is 14.4. The number of carbonyl (C=O) groups is 2. The lowest BCUT2D eigenvalue weighted by molar-refractivity contribution is -0.119. The third-order valence-corrected chi connectivity index (χ3v) is 5.89. The highest BCUT2D eigenvalue weighted by molar-refractivity contribution is 8.14. The van der Waals surface area contributed by atoms with Crippen LogP contribution in [0.5, 0.6) is 0 Å². The molecule has 0 saturated carbocycles. The quantitative estimate of drug-likeness (QED) is 0.713. The summed E-state index contributed by atoms with van der Waals surface area (Å²) >= 11 is 7.54. The van der Waals surface area contributed by atoms with Crippen molar-refractivity contribution in [1.29, 1.82) is 0 Å². The molecule has 2 aliphatic rings. The second-order valence-corrected chi connectivity index (χ2v) is 7.89. The highest BCUT2D eigenvalue weighted by atomic mass is 35.5. The van der Waals surface area contributed by atoms with Crippen molar-refractivity contribution in [3.63, 3.8) is 0 Å². The zero-order chi connectivity index (χ0) is 19.0. The van der Waals surface area contributed by atoms with Crippen LogP contribution in [0.25, 0.3) is 0 Å². The van der Waals surface area contributed by atoms with Crippen molar-refractivity contribution in [3.05, 3.63) is 64.7 Å². The van der Waals surface area contributed by atoms with Crippen LogP contribution < -0.4 is 4.90 Å². The maximum Gasteiger partial charge on any atom is 0.339 e. The highest BCUT2D eigenvalue weighted by Crippen LogP contribution is 2.35. The minimum Gasteiger partial charge on any atom is -0.453 e. The standard InChI is InChI=1S/C20H17ClN2O3S/c1-12-11-27-20(22-12)23(14-8-6-13(21)7-9-14)18(24)10-17-15-4-2-3-5-16(15)19(25)26-17/h2-9,12,17H,10-11H2,1H3/t12-,17+/m0/s1. The van der Waals surface area contributed by atoms with E-state index < -0.39 is 6.10 Å². The average molecular weight is 401 g/mol. The molecule has 4 rings (SSSR count). The van der Waals surface area contributed by atoms with Crippen molar-refractivity contribution in [3.8, 4) is 0 Å². The number of amidine groups is 1. The van der Waals surface area contributed by atoms with Crippen molar-refractivity contribution < 1.29 is 14.3 Å². The van der Waals surface area contributed by atoms with E-state index in [-0.39, 0.29) is 24.3 Å². The minimum absolute atomic E-state index is 0.0549. The molecule has 0 spiro atoms. The number of benzene rings is 2. The van der Waals surface area contributed by atoms with Gasteiger partial charge in [-0.1, -0.05) is 41.6 Å². The van der Waals surface area contributed by atoms with Gasteiger partial charge in [0.1, 0.15) is 6.10 Å². The molecular formula is C20H17ClN2O3S. The number of ether oxygens (including phenoxy) is 1. The number of nitrogens with zero attached hydrogens (tertiary/aromatic N) is 2. The molecule has 138 valence electrons. The van der Waals surface area contributed by atoms with Crippen LogP contribution in [0.4, 0.5) is 5.69 Å². The summed E-state index contributed by atoms with van der Waals surface area (Å²) in [5.41, 5.74) is 1.97. The predicted molar refractivity (Wildman–Crippen MR) is 108 cm³/mol. The van der Waals surface area contributed by atoms with E-state index >= 15 is 0 Å². The molecular weight excluding hydrogens is 384 g/mol. The zero-order valence-electron chi connectivity index (χ0n) is 14.6. The predicted octanol–water partition coefficient (Wildman–Crippen LogP) is 4.47. The molecule has 0 fully saturated rings. The number of aliphatic imine (C=N–C) groups is 1. The Morgan fingerprint density at radius 3 is 2.70 bits per heavy atom. The number of carbonyl (C=O) groups excluding carboxylic acids is 2. The first-order valence-corrected chi connectivity index (χ1v) is 9.98. The van der Waals surface area contributed by atoms with Gasteiger partial charge in [0.2, 0.25) is 5.91 Å². The van der Waals surface area contributed by atoms with E-state index in [1.807, 2.05) is 19.1 Å². The second kappa shape index (κ2) is 7.37. The minimum atomic E-state index is -0.583. The van der Waals surface area contributed by atoms with Crippen LogP contribution in [0, 0.1) is 0 Å². The van der Waals surface area contributed by atoms with Gasteiger partial charge in [0.15, 0.2) is 5.17 Å². The molecule has 0 N–H and O–H groups in total. The third-order valence-electron chi connectivity index (χ3n) is 4.45. The lowest BCUT2D eigenvalue weighted by Crippen LogP contribution is -2.35. The number of rotatable bonds is 3. The molecule has 7 heteroatoms. The van der Waals surface area contributed by atoms with Crippen LogP contribution >= 0.6 is 23.4 Å². The average Bonchev–Trinajstić information content (AvgIpc) is 3.21. The maximum absolute atomic E-state index is 13.2.